The van der Waals surface area contributed by atoms with Crippen LogP contribution in [-0.2, 0) is 16.6 Å². The van der Waals surface area contributed by atoms with Crippen LogP contribution in [0, 0.1) is 0 Å². The third kappa shape index (κ3) is 7.12. The van der Waals surface area contributed by atoms with Crippen LogP contribution in [0.5, 0.6) is 0 Å². The van der Waals surface area contributed by atoms with Crippen LogP contribution in [0.1, 0.15) is 25.3 Å². The van der Waals surface area contributed by atoms with Gasteiger partial charge in [-0.15, -0.1) is 35.3 Å². The van der Waals surface area contributed by atoms with Crippen LogP contribution < -0.4 is 20.7 Å². The van der Waals surface area contributed by atoms with Gasteiger partial charge in [-0.05, 0) is 55.0 Å². The summed E-state index contributed by atoms with van der Waals surface area (Å²) in [4.78, 5) is 7.18. The Labute approximate surface area is 193 Å². The van der Waals surface area contributed by atoms with E-state index in [4.69, 9.17) is 5.14 Å². The maximum absolute atomic E-state index is 11.3. The van der Waals surface area contributed by atoms with Crippen molar-refractivity contribution in [1.82, 2.24) is 10.6 Å². The minimum absolute atomic E-state index is 0. The molecule has 2 aromatic rings. The first-order chi connectivity index (χ1) is 13.5. The molecule has 1 aromatic carbocycles. The normalized spacial score (nSPS) is 15.7. The number of hydrogen-bond acceptors (Lipinski definition) is 5. The standard InChI is InChI=1S/C19H27N5O2S2.HI/c1-2-21-19(22-14-15-5-7-17(8-6-15)28(20,25)26)23-16-9-11-24(12-10-16)18-4-3-13-27-18;/h3-8,13,16H,2,9-12,14H2,1H3,(H2,20,25,26)(H2,21,22,23);1H. The zero-order valence-electron chi connectivity index (χ0n) is 16.4. The van der Waals surface area contributed by atoms with Gasteiger partial charge in [-0.1, -0.05) is 12.1 Å². The largest absolute Gasteiger partial charge is 0.363 e. The van der Waals surface area contributed by atoms with E-state index in [1.54, 1.807) is 23.5 Å². The number of aliphatic imine (C=N–C) groups is 1. The molecule has 1 saturated heterocycles. The summed E-state index contributed by atoms with van der Waals surface area (Å²) in [5.41, 5.74) is 0.928. The van der Waals surface area contributed by atoms with Gasteiger partial charge < -0.3 is 15.5 Å². The maximum atomic E-state index is 11.3. The van der Waals surface area contributed by atoms with Crippen molar-refractivity contribution in [2.75, 3.05) is 24.5 Å². The van der Waals surface area contributed by atoms with Crippen LogP contribution in [0.4, 0.5) is 5.00 Å². The number of nitrogens with two attached hydrogens (primary N) is 1. The second-order valence-electron chi connectivity index (χ2n) is 6.74. The molecular formula is C19H28IN5O2S2. The van der Waals surface area contributed by atoms with Gasteiger partial charge in [0.15, 0.2) is 5.96 Å². The van der Waals surface area contributed by atoms with Crippen molar-refractivity contribution < 1.29 is 8.42 Å². The summed E-state index contributed by atoms with van der Waals surface area (Å²) in [6.45, 7) is 5.36. The number of nitrogens with one attached hydrogen (secondary N) is 2. The van der Waals surface area contributed by atoms with Crippen LogP contribution in [0.25, 0.3) is 0 Å². The molecule has 4 N–H and O–H groups in total. The van der Waals surface area contributed by atoms with E-state index in [1.165, 1.54) is 17.1 Å². The van der Waals surface area contributed by atoms with E-state index in [2.05, 4.69) is 38.0 Å². The Kier molecular flexibility index (Phi) is 9.18. The van der Waals surface area contributed by atoms with Crippen molar-refractivity contribution >= 4 is 56.3 Å². The van der Waals surface area contributed by atoms with Crippen LogP contribution in [0.2, 0.25) is 0 Å². The van der Waals surface area contributed by atoms with Gasteiger partial charge in [0.1, 0.15) is 0 Å². The molecule has 0 bridgehead atoms. The molecule has 0 radical (unpaired) electrons. The van der Waals surface area contributed by atoms with Crippen molar-refractivity contribution in [3.05, 3.63) is 47.3 Å². The van der Waals surface area contributed by atoms with Crippen LogP contribution >= 0.6 is 35.3 Å². The lowest BCUT2D eigenvalue weighted by Gasteiger charge is -2.33. The highest BCUT2D eigenvalue weighted by atomic mass is 127. The Morgan fingerprint density at radius 1 is 1.24 bits per heavy atom. The Balaban J connectivity index is 0.00000300. The molecule has 3 rings (SSSR count). The average Bonchev–Trinajstić information content (AvgIpc) is 3.21. The van der Waals surface area contributed by atoms with Gasteiger partial charge in [0.25, 0.3) is 0 Å². The number of guanidine groups is 1. The fraction of sp³-hybridized carbons (Fsp3) is 0.421. The lowest BCUT2D eigenvalue weighted by molar-refractivity contribution is 0.463. The van der Waals surface area contributed by atoms with Gasteiger partial charge in [0.05, 0.1) is 16.4 Å². The number of sulfonamides is 1. The molecule has 0 unspecified atom stereocenters. The summed E-state index contributed by atoms with van der Waals surface area (Å²) in [6, 6.07) is 11.2. The molecule has 10 heteroatoms. The van der Waals surface area contributed by atoms with Crippen LogP contribution in [-0.4, -0.2) is 40.1 Å². The maximum Gasteiger partial charge on any atom is 0.238 e. The molecule has 1 aromatic heterocycles. The molecule has 0 saturated carbocycles. The number of primary sulfonamides is 1. The number of hydrogen-bond donors (Lipinski definition) is 3. The summed E-state index contributed by atoms with van der Waals surface area (Å²) in [5.74, 6) is 0.785. The summed E-state index contributed by atoms with van der Waals surface area (Å²) in [5, 5.41) is 15.4. The number of nitrogens with zero attached hydrogens (tertiary/aromatic N) is 2. The molecule has 0 amide bonds. The smallest absolute Gasteiger partial charge is 0.238 e. The number of anilines is 1. The molecule has 1 aliphatic rings. The zero-order valence-corrected chi connectivity index (χ0v) is 20.3. The molecule has 1 aliphatic heterocycles. The van der Waals surface area contributed by atoms with Crippen LogP contribution in [0.3, 0.4) is 0 Å². The first-order valence-electron chi connectivity index (χ1n) is 9.40. The number of thiophene rings is 1. The highest BCUT2D eigenvalue weighted by molar-refractivity contribution is 14.0. The number of piperidine rings is 1. The minimum Gasteiger partial charge on any atom is -0.363 e. The van der Waals surface area contributed by atoms with E-state index in [1.807, 2.05) is 6.92 Å². The minimum atomic E-state index is -3.66. The summed E-state index contributed by atoms with van der Waals surface area (Å²) in [6.07, 6.45) is 2.12. The number of rotatable bonds is 6. The lowest BCUT2D eigenvalue weighted by atomic mass is 10.1. The average molecular weight is 550 g/mol. The van der Waals surface area contributed by atoms with E-state index < -0.39 is 10.0 Å². The first-order valence-corrected chi connectivity index (χ1v) is 11.8. The third-order valence-electron chi connectivity index (χ3n) is 4.67. The molecule has 29 heavy (non-hydrogen) atoms. The molecular weight excluding hydrogens is 521 g/mol. The van der Waals surface area contributed by atoms with E-state index in [9.17, 15) is 8.42 Å². The summed E-state index contributed by atoms with van der Waals surface area (Å²) >= 11 is 1.78. The number of halogens is 1. The molecule has 160 valence electrons. The second-order valence-corrected chi connectivity index (χ2v) is 9.23. The van der Waals surface area contributed by atoms with Crippen molar-refractivity contribution in [2.24, 2.45) is 10.1 Å². The van der Waals surface area contributed by atoms with Gasteiger partial charge in [0.2, 0.25) is 10.0 Å². The van der Waals surface area contributed by atoms with Gasteiger partial charge in [-0.2, -0.15) is 0 Å². The topological polar surface area (TPSA) is 99.8 Å². The van der Waals surface area contributed by atoms with Gasteiger partial charge in [-0.3, -0.25) is 0 Å². The van der Waals surface area contributed by atoms with Crippen molar-refractivity contribution in [3.8, 4) is 0 Å². The third-order valence-corrected chi connectivity index (χ3v) is 6.53. The predicted molar refractivity (Wildman–Crippen MR) is 131 cm³/mol. The highest BCUT2D eigenvalue weighted by Crippen LogP contribution is 2.24. The van der Waals surface area contributed by atoms with Crippen molar-refractivity contribution in [2.45, 2.75) is 37.2 Å². The van der Waals surface area contributed by atoms with E-state index in [-0.39, 0.29) is 28.9 Å². The summed E-state index contributed by atoms with van der Waals surface area (Å²) in [7, 11) is -3.66. The van der Waals surface area contributed by atoms with E-state index >= 15 is 0 Å². The molecule has 7 nitrogen and oxygen atoms in total. The fourth-order valence-corrected chi connectivity index (χ4v) is 4.46. The Morgan fingerprint density at radius 3 is 2.48 bits per heavy atom. The van der Waals surface area contributed by atoms with E-state index in [0.29, 0.717) is 12.6 Å². The number of benzene rings is 1. The van der Waals surface area contributed by atoms with Crippen molar-refractivity contribution in [3.63, 3.8) is 0 Å². The lowest BCUT2D eigenvalue weighted by Crippen LogP contribution is -2.48. The quantitative estimate of drug-likeness (QED) is 0.293. The van der Waals surface area contributed by atoms with Crippen LogP contribution in [0.15, 0.2) is 51.7 Å². The zero-order chi connectivity index (χ0) is 20.0. The monoisotopic (exact) mass is 549 g/mol. The molecule has 0 atom stereocenters. The fourth-order valence-electron chi connectivity index (χ4n) is 3.16. The first kappa shape index (κ1) is 23.9. The van der Waals surface area contributed by atoms with Gasteiger partial charge in [0, 0.05) is 25.7 Å². The van der Waals surface area contributed by atoms with E-state index in [0.717, 1.165) is 44.0 Å². The highest BCUT2D eigenvalue weighted by Gasteiger charge is 2.20. The molecule has 2 heterocycles. The molecule has 1 fully saturated rings. The Morgan fingerprint density at radius 2 is 1.93 bits per heavy atom. The van der Waals surface area contributed by atoms with Gasteiger partial charge in [-0.25, -0.2) is 18.5 Å². The Bertz CT molecular complexity index is 878. The SMILES string of the molecule is CCNC(=NCc1ccc(S(N)(=O)=O)cc1)NC1CCN(c2cccs2)CC1.I. The molecule has 0 spiro atoms. The second kappa shape index (κ2) is 11.1. The summed E-state index contributed by atoms with van der Waals surface area (Å²) < 4.78 is 22.7. The predicted octanol–water partition coefficient (Wildman–Crippen LogP) is 2.74. The van der Waals surface area contributed by atoms with Gasteiger partial charge >= 0.3 is 0 Å². The molecule has 0 aliphatic carbocycles. The Hall–Kier alpha value is -1.37. The van der Waals surface area contributed by atoms with Crippen molar-refractivity contribution in [1.29, 1.82) is 0 Å².